The molecule has 1 aliphatic heterocycles. The highest BCUT2D eigenvalue weighted by Crippen LogP contribution is 2.66. The van der Waals surface area contributed by atoms with Gasteiger partial charge in [-0.1, -0.05) is 0 Å². The fraction of sp³-hybridized carbons (Fsp3) is 0.500. The Kier molecular flexibility index (Phi) is 7.07. The summed E-state index contributed by atoms with van der Waals surface area (Å²) in [6.45, 7) is -0.839. The highest BCUT2D eigenvalue weighted by atomic mass is 32.1. The number of aromatic amines is 1. The fourth-order valence-corrected chi connectivity index (χ4v) is 6.03. The zero-order chi connectivity index (χ0) is 24.1. The third-order valence-corrected chi connectivity index (χ3v) is 8.32. The molecule has 0 spiro atoms. The number of nitrogens with zero attached hydrogens (tertiary/aromatic N) is 3. The number of aromatic nitrogens is 4. The van der Waals surface area contributed by atoms with Gasteiger partial charge in [0.25, 0.3) is 5.56 Å². The van der Waals surface area contributed by atoms with Gasteiger partial charge in [-0.25, -0.2) is 18.7 Å². The van der Waals surface area contributed by atoms with Crippen LogP contribution in [0.3, 0.4) is 0 Å². The van der Waals surface area contributed by atoms with Crippen molar-refractivity contribution >= 4 is 53.2 Å². The van der Waals surface area contributed by atoms with E-state index in [2.05, 4.69) is 40.7 Å². The summed E-state index contributed by atoms with van der Waals surface area (Å²) in [5, 5.41) is 9.39. The number of phosphoric acid groups is 3. The van der Waals surface area contributed by atoms with Crippen LogP contribution >= 0.6 is 36.1 Å². The number of thiol groups is 1. The molecule has 0 aromatic carbocycles. The van der Waals surface area contributed by atoms with E-state index in [1.807, 2.05) is 0 Å². The first-order valence-corrected chi connectivity index (χ1v) is 13.1. The third kappa shape index (κ3) is 5.84. The zero-order valence-corrected chi connectivity index (χ0v) is 18.9. The third-order valence-electron chi connectivity index (χ3n) is 3.88. The van der Waals surface area contributed by atoms with Crippen LogP contribution < -0.4 is 11.3 Å². The van der Waals surface area contributed by atoms with Crippen molar-refractivity contribution < 1.29 is 56.3 Å². The number of rotatable bonds is 8. The number of phosphoric ester groups is 1. The van der Waals surface area contributed by atoms with Crippen LogP contribution in [-0.2, 0) is 31.6 Å². The minimum atomic E-state index is -5.69. The lowest BCUT2D eigenvalue weighted by Gasteiger charge is -2.19. The van der Waals surface area contributed by atoms with Gasteiger partial charge < -0.3 is 35.2 Å². The van der Waals surface area contributed by atoms with E-state index in [4.69, 9.17) is 25.2 Å². The maximum atomic E-state index is 11.9. The molecule has 22 heteroatoms. The average molecular weight is 539 g/mol. The number of nitrogens with one attached hydrogen (secondary N) is 1. The predicted octanol–water partition coefficient (Wildman–Crippen LogP) is -1.40. The van der Waals surface area contributed by atoms with Crippen LogP contribution in [0.1, 0.15) is 6.23 Å². The van der Waals surface area contributed by atoms with Crippen molar-refractivity contribution in [1.29, 1.82) is 0 Å². The minimum Gasteiger partial charge on any atom is -0.387 e. The van der Waals surface area contributed by atoms with E-state index in [9.17, 15) is 28.5 Å². The second-order valence-electron chi connectivity index (χ2n) is 6.21. The quantitative estimate of drug-likeness (QED) is 0.141. The summed E-state index contributed by atoms with van der Waals surface area (Å²) >= 11 is 4.13. The molecule has 3 heterocycles. The molecule has 2 unspecified atom stereocenters. The van der Waals surface area contributed by atoms with Gasteiger partial charge in [0.05, 0.1) is 24.3 Å². The number of hydrogen-bond donors (Lipinski definition) is 8. The molecule has 0 amide bonds. The maximum Gasteiger partial charge on any atom is 0.490 e. The van der Waals surface area contributed by atoms with Gasteiger partial charge in [0.1, 0.15) is 6.10 Å². The molecule has 1 saturated heterocycles. The summed E-state index contributed by atoms with van der Waals surface area (Å²) in [4.78, 5) is 57.6. The normalized spacial score (nSPS) is 27.9. The molecule has 18 nitrogen and oxygen atoms in total. The molecular formula is C10H16N5O13P3S. The van der Waals surface area contributed by atoms with E-state index in [0.717, 1.165) is 6.33 Å². The summed E-state index contributed by atoms with van der Waals surface area (Å²) in [6.07, 6.45) is -2.72. The van der Waals surface area contributed by atoms with Crippen LogP contribution in [0.2, 0.25) is 0 Å². The molecule has 2 aromatic rings. The predicted molar refractivity (Wildman–Crippen MR) is 105 cm³/mol. The van der Waals surface area contributed by atoms with Crippen molar-refractivity contribution in [3.63, 3.8) is 0 Å². The topological polar surface area (TPSA) is 279 Å². The Morgan fingerprint density at radius 2 is 1.88 bits per heavy atom. The van der Waals surface area contributed by atoms with Gasteiger partial charge in [0.2, 0.25) is 5.95 Å². The highest BCUT2D eigenvalue weighted by molar-refractivity contribution is 7.81. The lowest BCUT2D eigenvalue weighted by Crippen LogP contribution is -2.29. The number of H-pyrrole nitrogens is 1. The van der Waals surface area contributed by atoms with Crippen molar-refractivity contribution in [1.82, 2.24) is 19.5 Å². The van der Waals surface area contributed by atoms with Crippen molar-refractivity contribution in [2.75, 3.05) is 12.3 Å². The second kappa shape index (κ2) is 8.88. The number of anilines is 1. The molecule has 32 heavy (non-hydrogen) atoms. The number of fused-ring (bicyclic) bond motifs is 1. The van der Waals surface area contributed by atoms with Crippen LogP contribution in [-0.4, -0.2) is 68.3 Å². The Morgan fingerprint density at radius 3 is 2.50 bits per heavy atom. The van der Waals surface area contributed by atoms with Crippen LogP contribution in [0.5, 0.6) is 0 Å². The smallest absolute Gasteiger partial charge is 0.387 e. The molecule has 6 atom stereocenters. The van der Waals surface area contributed by atoms with Crippen molar-refractivity contribution in [2.24, 2.45) is 0 Å². The van der Waals surface area contributed by atoms with Gasteiger partial charge in [-0.2, -0.15) is 26.2 Å². The molecule has 1 aliphatic rings. The number of aliphatic hydroxyl groups excluding tert-OH is 1. The van der Waals surface area contributed by atoms with Gasteiger partial charge >= 0.3 is 23.5 Å². The lowest BCUT2D eigenvalue weighted by atomic mass is 10.2. The van der Waals surface area contributed by atoms with Crippen LogP contribution in [0.25, 0.3) is 11.2 Å². The Hall–Kier alpha value is -1.17. The largest absolute Gasteiger partial charge is 0.490 e. The summed E-state index contributed by atoms with van der Waals surface area (Å²) in [6, 6.07) is 0. The summed E-state index contributed by atoms with van der Waals surface area (Å²) in [7, 11) is -16.6. The summed E-state index contributed by atoms with van der Waals surface area (Å²) < 4.78 is 52.2. The van der Waals surface area contributed by atoms with Crippen LogP contribution in [0.4, 0.5) is 5.95 Å². The van der Waals surface area contributed by atoms with Gasteiger partial charge in [0, 0.05) is 0 Å². The Labute approximate surface area is 182 Å². The van der Waals surface area contributed by atoms with Gasteiger partial charge in [-0.3, -0.25) is 18.9 Å². The van der Waals surface area contributed by atoms with E-state index in [1.54, 1.807) is 0 Å². The van der Waals surface area contributed by atoms with Crippen LogP contribution in [0.15, 0.2) is 11.1 Å². The lowest BCUT2D eigenvalue weighted by molar-refractivity contribution is -0.0480. The van der Waals surface area contributed by atoms with Crippen molar-refractivity contribution in [3.05, 3.63) is 16.7 Å². The summed E-state index contributed by atoms with van der Waals surface area (Å²) in [5.41, 5.74) is 4.71. The van der Waals surface area contributed by atoms with E-state index < -0.39 is 59.3 Å². The molecule has 3 rings (SSSR count). The zero-order valence-electron chi connectivity index (χ0n) is 15.3. The standard InChI is InChI=1S/C10H16N5O13P3S/c11-10-13-7-4(8(17)14-10)12-2-15(7)9-5(16)6(32)3(26-9)1-25-30(21,22)28-31(23,24)27-29(18,19)20/h2-3,5-6,9,16,32H,1H2,(H,21,22)(H,23,24)(H2,18,19,20)(H3,11,13,14,17)/t3-,5-,6-,9-/m1/s1. The van der Waals surface area contributed by atoms with Gasteiger partial charge in [0.15, 0.2) is 17.4 Å². The maximum absolute atomic E-state index is 11.9. The number of nitrogens with two attached hydrogens (primary N) is 1. The molecule has 180 valence electrons. The van der Waals surface area contributed by atoms with Crippen molar-refractivity contribution in [3.8, 4) is 0 Å². The molecule has 0 aliphatic carbocycles. The molecule has 0 bridgehead atoms. The average Bonchev–Trinajstić information content (AvgIpc) is 3.12. The minimum absolute atomic E-state index is 0.0376. The monoisotopic (exact) mass is 539 g/mol. The Balaban J connectivity index is 1.72. The van der Waals surface area contributed by atoms with E-state index in [1.165, 1.54) is 4.57 Å². The first-order valence-electron chi connectivity index (χ1n) is 8.11. The molecular weight excluding hydrogens is 523 g/mol. The van der Waals surface area contributed by atoms with E-state index in [0.29, 0.717) is 0 Å². The molecule has 8 N–H and O–H groups in total. The first-order chi connectivity index (χ1) is 14.6. The molecule has 0 radical (unpaired) electrons. The number of imidazole rings is 1. The summed E-state index contributed by atoms with van der Waals surface area (Å²) in [5.74, 6) is -0.233. The Bertz CT molecular complexity index is 1210. The molecule has 0 saturated carbocycles. The second-order valence-corrected chi connectivity index (χ2v) is 11.2. The Morgan fingerprint density at radius 1 is 1.22 bits per heavy atom. The number of aliphatic hydroxyl groups is 1. The number of ether oxygens (including phenoxy) is 1. The first kappa shape index (κ1) is 25.5. The van der Waals surface area contributed by atoms with Crippen molar-refractivity contribution in [2.45, 2.75) is 23.7 Å². The SMILES string of the molecule is Nc1nc2c(ncn2[C@@H]2O[C@H](COP(=O)(O)OP(=O)(O)OP(=O)(O)O)[C@@H](S)[C@H]2O)c(=O)[nH]1. The number of hydrogen-bond acceptors (Lipinski definition) is 13. The highest BCUT2D eigenvalue weighted by Gasteiger charge is 2.46. The molecule has 2 aromatic heterocycles. The van der Waals surface area contributed by atoms with E-state index in [-0.39, 0.29) is 17.1 Å². The van der Waals surface area contributed by atoms with E-state index >= 15 is 0 Å². The van der Waals surface area contributed by atoms with Crippen LogP contribution in [0, 0.1) is 0 Å². The fourth-order valence-electron chi connectivity index (χ4n) is 2.70. The molecule has 1 fully saturated rings. The number of nitrogen functional groups attached to an aromatic ring is 1. The van der Waals surface area contributed by atoms with Gasteiger partial charge in [-0.05, 0) is 0 Å². The van der Waals surface area contributed by atoms with Gasteiger partial charge in [-0.15, -0.1) is 0 Å².